The topological polar surface area (TPSA) is 89.3 Å². The number of carbonyl (C=O) groups is 1. The number of rotatable bonds is 5. The number of amides is 1. The van der Waals surface area contributed by atoms with Crippen molar-refractivity contribution in [2.45, 2.75) is 24.3 Å². The van der Waals surface area contributed by atoms with Crippen LogP contribution in [0.3, 0.4) is 0 Å². The van der Waals surface area contributed by atoms with Crippen LogP contribution in [0.4, 0.5) is 0 Å². The molecule has 5 nitrogen and oxygen atoms in total. The molecule has 1 amide bonds. The smallest absolute Gasteiger partial charge is 0.242 e. The van der Waals surface area contributed by atoms with Gasteiger partial charge in [0.2, 0.25) is 5.91 Å². The number of benzene rings is 1. The zero-order valence-electron chi connectivity index (χ0n) is 10.7. The number of nitrogens with one attached hydrogen (secondary N) is 1. The fourth-order valence-electron chi connectivity index (χ4n) is 1.72. The van der Waals surface area contributed by atoms with Crippen LogP contribution in [0.25, 0.3) is 0 Å². The van der Waals surface area contributed by atoms with E-state index in [9.17, 15) is 13.2 Å². The number of carbonyl (C=O) groups excluding carboxylic acids is 1. The van der Waals surface area contributed by atoms with Gasteiger partial charge in [0.15, 0.2) is 9.84 Å². The summed E-state index contributed by atoms with van der Waals surface area (Å²) < 4.78 is 22.7. The van der Waals surface area contributed by atoms with Crippen LogP contribution in [0.5, 0.6) is 0 Å². The summed E-state index contributed by atoms with van der Waals surface area (Å²) >= 11 is 0. The van der Waals surface area contributed by atoms with Crippen molar-refractivity contribution in [2.24, 2.45) is 5.73 Å². The Balaban J connectivity index is 3.21. The highest BCUT2D eigenvalue weighted by Gasteiger charge is 2.32. The summed E-state index contributed by atoms with van der Waals surface area (Å²) in [6.45, 7) is 4.12. The van der Waals surface area contributed by atoms with Gasteiger partial charge in [0.25, 0.3) is 0 Å². The maximum Gasteiger partial charge on any atom is 0.242 e. The third-order valence-electron chi connectivity index (χ3n) is 2.88. The first-order valence-corrected chi connectivity index (χ1v) is 7.46. The SMILES string of the molecule is CCNC(C)(C(N)=O)c1ccc(S(C)(=O)=O)cc1. The normalized spacial score (nSPS) is 15.1. The van der Waals surface area contributed by atoms with Crippen molar-refractivity contribution in [1.29, 1.82) is 0 Å². The van der Waals surface area contributed by atoms with Gasteiger partial charge in [-0.25, -0.2) is 8.42 Å². The number of likely N-dealkylation sites (N-methyl/N-ethyl adjacent to an activating group) is 1. The lowest BCUT2D eigenvalue weighted by Crippen LogP contribution is -2.50. The van der Waals surface area contributed by atoms with Crippen molar-refractivity contribution in [3.8, 4) is 0 Å². The fraction of sp³-hybridized carbons (Fsp3) is 0.417. The van der Waals surface area contributed by atoms with E-state index < -0.39 is 21.3 Å². The highest BCUT2D eigenvalue weighted by molar-refractivity contribution is 7.90. The zero-order valence-corrected chi connectivity index (χ0v) is 11.5. The minimum Gasteiger partial charge on any atom is -0.368 e. The maximum absolute atomic E-state index is 11.5. The third-order valence-corrected chi connectivity index (χ3v) is 4.01. The molecule has 0 fully saturated rings. The largest absolute Gasteiger partial charge is 0.368 e. The Morgan fingerprint density at radius 2 is 1.83 bits per heavy atom. The summed E-state index contributed by atoms with van der Waals surface area (Å²) in [5.41, 5.74) is 5.04. The third kappa shape index (κ3) is 2.88. The van der Waals surface area contributed by atoms with Gasteiger partial charge in [-0.2, -0.15) is 0 Å². The van der Waals surface area contributed by atoms with Crippen molar-refractivity contribution in [1.82, 2.24) is 5.32 Å². The molecule has 0 spiro atoms. The van der Waals surface area contributed by atoms with E-state index in [0.717, 1.165) is 6.26 Å². The number of nitrogens with two attached hydrogens (primary N) is 1. The second-order valence-corrected chi connectivity index (χ2v) is 6.33. The zero-order chi connectivity index (χ0) is 14.0. The van der Waals surface area contributed by atoms with Crippen LogP contribution in [0.2, 0.25) is 0 Å². The fourth-order valence-corrected chi connectivity index (χ4v) is 2.35. The van der Waals surface area contributed by atoms with Crippen molar-refractivity contribution in [3.63, 3.8) is 0 Å². The summed E-state index contributed by atoms with van der Waals surface area (Å²) in [6.07, 6.45) is 1.14. The van der Waals surface area contributed by atoms with E-state index in [4.69, 9.17) is 5.73 Å². The molecule has 1 unspecified atom stereocenters. The Hall–Kier alpha value is -1.40. The molecule has 3 N–H and O–H groups in total. The van der Waals surface area contributed by atoms with Gasteiger partial charge in [0.1, 0.15) is 5.54 Å². The van der Waals surface area contributed by atoms with Gasteiger partial charge >= 0.3 is 0 Å². The highest BCUT2D eigenvalue weighted by Crippen LogP contribution is 2.22. The molecular weight excluding hydrogens is 252 g/mol. The number of primary amides is 1. The lowest BCUT2D eigenvalue weighted by Gasteiger charge is -2.27. The van der Waals surface area contributed by atoms with Gasteiger partial charge in [-0.15, -0.1) is 0 Å². The van der Waals surface area contributed by atoms with Crippen molar-refractivity contribution >= 4 is 15.7 Å². The molecule has 0 aliphatic carbocycles. The molecule has 1 rings (SSSR count). The molecule has 0 saturated heterocycles. The van der Waals surface area contributed by atoms with E-state index >= 15 is 0 Å². The summed E-state index contributed by atoms with van der Waals surface area (Å²) in [7, 11) is -3.23. The Bertz CT molecular complexity index is 537. The van der Waals surface area contributed by atoms with Crippen LogP contribution in [0.1, 0.15) is 19.4 Å². The van der Waals surface area contributed by atoms with E-state index in [-0.39, 0.29) is 4.90 Å². The quantitative estimate of drug-likeness (QED) is 0.810. The molecule has 100 valence electrons. The monoisotopic (exact) mass is 270 g/mol. The minimum absolute atomic E-state index is 0.217. The molecule has 1 atom stereocenters. The van der Waals surface area contributed by atoms with E-state index in [2.05, 4.69) is 5.32 Å². The van der Waals surface area contributed by atoms with Gasteiger partial charge in [0, 0.05) is 6.26 Å². The number of hydrogen-bond acceptors (Lipinski definition) is 4. The van der Waals surface area contributed by atoms with Gasteiger partial charge in [-0.05, 0) is 31.2 Å². The van der Waals surface area contributed by atoms with Crippen LogP contribution in [-0.4, -0.2) is 27.1 Å². The van der Waals surface area contributed by atoms with Crippen LogP contribution < -0.4 is 11.1 Å². The molecule has 1 aromatic rings. The average molecular weight is 270 g/mol. The molecule has 0 saturated carbocycles. The first-order chi connectivity index (χ1) is 8.21. The van der Waals surface area contributed by atoms with Gasteiger partial charge in [-0.1, -0.05) is 19.1 Å². The van der Waals surface area contributed by atoms with Crippen LogP contribution in [0, 0.1) is 0 Å². The van der Waals surface area contributed by atoms with Crippen molar-refractivity contribution in [2.75, 3.05) is 12.8 Å². The Morgan fingerprint density at radius 3 is 2.17 bits per heavy atom. The van der Waals surface area contributed by atoms with Gasteiger partial charge in [-0.3, -0.25) is 4.79 Å². The molecule has 6 heteroatoms. The Labute approximate surface area is 107 Å². The van der Waals surface area contributed by atoms with E-state index in [1.54, 1.807) is 19.1 Å². The summed E-state index contributed by atoms with van der Waals surface area (Å²) in [4.78, 5) is 11.8. The molecule has 0 radical (unpaired) electrons. The predicted octanol–water partition coefficient (Wildman–Crippen LogP) is 0.400. The summed E-state index contributed by atoms with van der Waals surface area (Å²) in [6, 6.07) is 6.15. The second-order valence-electron chi connectivity index (χ2n) is 4.32. The Morgan fingerprint density at radius 1 is 1.33 bits per heavy atom. The van der Waals surface area contributed by atoms with Crippen molar-refractivity contribution in [3.05, 3.63) is 29.8 Å². The molecule has 18 heavy (non-hydrogen) atoms. The highest BCUT2D eigenvalue weighted by atomic mass is 32.2. The maximum atomic E-state index is 11.5. The second kappa shape index (κ2) is 5.07. The standard InChI is InChI=1S/C12H18N2O3S/c1-4-14-12(2,11(13)15)9-5-7-10(8-6-9)18(3,16)17/h5-8,14H,4H2,1-3H3,(H2,13,15). The minimum atomic E-state index is -3.23. The lowest BCUT2D eigenvalue weighted by molar-refractivity contribution is -0.124. The van der Waals surface area contributed by atoms with Gasteiger partial charge in [0.05, 0.1) is 4.90 Å². The van der Waals surface area contributed by atoms with E-state index in [1.165, 1.54) is 12.1 Å². The predicted molar refractivity (Wildman–Crippen MR) is 69.8 cm³/mol. The first kappa shape index (κ1) is 14.7. The molecule has 0 aliphatic heterocycles. The molecule has 0 heterocycles. The lowest BCUT2D eigenvalue weighted by atomic mass is 9.91. The van der Waals surface area contributed by atoms with E-state index in [1.807, 2.05) is 6.92 Å². The Kier molecular flexibility index (Phi) is 4.13. The first-order valence-electron chi connectivity index (χ1n) is 5.57. The van der Waals surface area contributed by atoms with Crippen LogP contribution in [0.15, 0.2) is 29.2 Å². The molecular formula is C12H18N2O3S. The molecule has 0 aromatic heterocycles. The van der Waals surface area contributed by atoms with Gasteiger partial charge < -0.3 is 11.1 Å². The average Bonchev–Trinajstić information content (AvgIpc) is 2.28. The molecule has 1 aromatic carbocycles. The molecule has 0 bridgehead atoms. The number of sulfone groups is 1. The summed E-state index contributed by atoms with van der Waals surface area (Å²) in [5.74, 6) is -0.503. The number of hydrogen-bond donors (Lipinski definition) is 2. The van der Waals surface area contributed by atoms with Crippen LogP contribution >= 0.6 is 0 Å². The van der Waals surface area contributed by atoms with E-state index in [0.29, 0.717) is 12.1 Å². The van der Waals surface area contributed by atoms with Crippen LogP contribution in [-0.2, 0) is 20.2 Å². The van der Waals surface area contributed by atoms with Crippen molar-refractivity contribution < 1.29 is 13.2 Å². The summed E-state index contributed by atoms with van der Waals surface area (Å²) in [5, 5.41) is 3.01. The molecule has 0 aliphatic rings.